The van der Waals surface area contributed by atoms with Gasteiger partial charge >= 0.3 is 0 Å². The smallest absolute Gasteiger partial charge is 0.262 e. The van der Waals surface area contributed by atoms with Crippen LogP contribution in [0.15, 0.2) is 48.8 Å². The third kappa shape index (κ3) is 6.40. The number of benzene rings is 1. The highest BCUT2D eigenvalue weighted by Crippen LogP contribution is 2.25. The van der Waals surface area contributed by atoms with Gasteiger partial charge in [-0.3, -0.25) is 19.9 Å². The number of aromatic nitrogens is 1. The van der Waals surface area contributed by atoms with Gasteiger partial charge in [0.05, 0.1) is 12.6 Å². The van der Waals surface area contributed by atoms with Crippen molar-refractivity contribution in [3.05, 3.63) is 59.9 Å². The van der Waals surface area contributed by atoms with Gasteiger partial charge in [0.25, 0.3) is 11.8 Å². The first-order chi connectivity index (χ1) is 12.4. The van der Waals surface area contributed by atoms with E-state index in [9.17, 15) is 18.4 Å². The molecule has 1 aliphatic rings. The average Bonchev–Trinajstić information content (AvgIpc) is 3.01. The number of nitrogens with zero attached hydrogens (tertiary/aromatic N) is 1. The molecule has 1 fully saturated rings. The second-order valence-corrected chi connectivity index (χ2v) is 6.10. The summed E-state index contributed by atoms with van der Waals surface area (Å²) in [6.07, 6.45) is 2.56. The number of rotatable bonds is 5. The van der Waals surface area contributed by atoms with Crippen molar-refractivity contribution >= 4 is 42.3 Å². The molecule has 2 aromatic rings. The molecule has 152 valence electrons. The van der Waals surface area contributed by atoms with Gasteiger partial charge in [-0.2, -0.15) is 0 Å². The van der Waals surface area contributed by atoms with Crippen LogP contribution in [0.25, 0.3) is 0 Å². The Labute approximate surface area is 173 Å². The standard InChI is InChI=1S/C18H18F2N4O2.2ClH/c19-18(20)9-15(23-11-18)17(26)22-10-12-2-1-3-14(8-12)24-16(25)13-4-6-21-7-5-13;;/h1-8,15,23H,9-11H2,(H,22,26)(H,24,25);2*1H. The van der Waals surface area contributed by atoms with Gasteiger partial charge in [-0.1, -0.05) is 12.1 Å². The largest absolute Gasteiger partial charge is 0.351 e. The second-order valence-electron chi connectivity index (χ2n) is 6.10. The van der Waals surface area contributed by atoms with E-state index in [1.165, 1.54) is 12.4 Å². The number of alkyl halides is 2. The molecular formula is C18H20Cl2F2N4O2. The molecule has 1 saturated heterocycles. The lowest BCUT2D eigenvalue weighted by molar-refractivity contribution is -0.123. The van der Waals surface area contributed by atoms with Crippen LogP contribution in [0.2, 0.25) is 0 Å². The maximum atomic E-state index is 13.1. The number of nitrogens with one attached hydrogen (secondary N) is 3. The van der Waals surface area contributed by atoms with E-state index >= 15 is 0 Å². The molecule has 0 radical (unpaired) electrons. The Morgan fingerprint density at radius 2 is 1.89 bits per heavy atom. The van der Waals surface area contributed by atoms with Crippen LogP contribution in [0.3, 0.4) is 0 Å². The van der Waals surface area contributed by atoms with Gasteiger partial charge in [0.15, 0.2) is 0 Å². The lowest BCUT2D eigenvalue weighted by atomic mass is 10.1. The number of carbonyl (C=O) groups excluding carboxylic acids is 2. The van der Waals surface area contributed by atoms with Crippen LogP contribution < -0.4 is 16.0 Å². The number of halogens is 4. The predicted molar refractivity (Wildman–Crippen MR) is 106 cm³/mol. The lowest BCUT2D eigenvalue weighted by Gasteiger charge is -2.12. The van der Waals surface area contributed by atoms with Crippen LogP contribution in [0.5, 0.6) is 0 Å². The Morgan fingerprint density at radius 1 is 1.18 bits per heavy atom. The molecule has 6 nitrogen and oxygen atoms in total. The zero-order valence-electron chi connectivity index (χ0n) is 14.7. The molecule has 10 heteroatoms. The minimum Gasteiger partial charge on any atom is -0.351 e. The van der Waals surface area contributed by atoms with Crippen molar-refractivity contribution in [1.82, 2.24) is 15.6 Å². The quantitative estimate of drug-likeness (QED) is 0.678. The molecule has 1 atom stereocenters. The Bertz CT molecular complexity index is 809. The summed E-state index contributed by atoms with van der Waals surface area (Å²) in [7, 11) is 0. The fraction of sp³-hybridized carbons (Fsp3) is 0.278. The first-order valence-electron chi connectivity index (χ1n) is 8.12. The summed E-state index contributed by atoms with van der Waals surface area (Å²) in [6, 6.07) is 9.28. The molecule has 0 bridgehead atoms. The van der Waals surface area contributed by atoms with Crippen molar-refractivity contribution in [2.75, 3.05) is 11.9 Å². The molecule has 3 N–H and O–H groups in total. The van der Waals surface area contributed by atoms with Gasteiger partial charge < -0.3 is 10.6 Å². The van der Waals surface area contributed by atoms with E-state index < -0.39 is 30.8 Å². The number of hydrogen-bond donors (Lipinski definition) is 3. The summed E-state index contributed by atoms with van der Waals surface area (Å²) in [5.41, 5.74) is 1.80. The topological polar surface area (TPSA) is 83.1 Å². The molecular weight excluding hydrogens is 413 g/mol. The van der Waals surface area contributed by atoms with E-state index in [2.05, 4.69) is 20.9 Å². The molecule has 1 unspecified atom stereocenters. The Hall–Kier alpha value is -2.29. The normalized spacial score (nSPS) is 17.0. The summed E-state index contributed by atoms with van der Waals surface area (Å²) in [5, 5.41) is 7.91. The molecule has 2 heterocycles. The third-order valence-corrected chi connectivity index (χ3v) is 4.02. The van der Waals surface area contributed by atoms with Crippen LogP contribution in [-0.2, 0) is 11.3 Å². The molecule has 1 aliphatic heterocycles. The molecule has 2 amide bonds. The van der Waals surface area contributed by atoms with Crippen LogP contribution >= 0.6 is 24.8 Å². The van der Waals surface area contributed by atoms with Crippen molar-refractivity contribution in [1.29, 1.82) is 0 Å². The van der Waals surface area contributed by atoms with Crippen molar-refractivity contribution in [2.24, 2.45) is 0 Å². The predicted octanol–water partition coefficient (Wildman–Crippen LogP) is 2.79. The van der Waals surface area contributed by atoms with Crippen molar-refractivity contribution in [3.8, 4) is 0 Å². The Balaban J connectivity index is 0.00000196. The molecule has 1 aromatic heterocycles. The summed E-state index contributed by atoms with van der Waals surface area (Å²) in [5.74, 6) is -3.58. The van der Waals surface area contributed by atoms with Gasteiger partial charge in [-0.25, -0.2) is 8.78 Å². The number of carbonyl (C=O) groups is 2. The van der Waals surface area contributed by atoms with Gasteiger partial charge in [0.1, 0.15) is 0 Å². The van der Waals surface area contributed by atoms with Crippen molar-refractivity contribution < 1.29 is 18.4 Å². The number of anilines is 1. The summed E-state index contributed by atoms with van der Waals surface area (Å²) >= 11 is 0. The monoisotopic (exact) mass is 432 g/mol. The van der Waals surface area contributed by atoms with E-state index in [4.69, 9.17) is 0 Å². The third-order valence-electron chi connectivity index (χ3n) is 4.02. The molecule has 0 saturated carbocycles. The van der Waals surface area contributed by atoms with Gasteiger partial charge in [-0.05, 0) is 29.8 Å². The maximum absolute atomic E-state index is 13.1. The van der Waals surface area contributed by atoms with Gasteiger partial charge in [0, 0.05) is 36.6 Å². The van der Waals surface area contributed by atoms with Crippen LogP contribution in [-0.4, -0.2) is 35.3 Å². The van der Waals surface area contributed by atoms with Crippen LogP contribution in [0.4, 0.5) is 14.5 Å². The highest BCUT2D eigenvalue weighted by atomic mass is 35.5. The Kier molecular flexibility index (Phi) is 8.74. The fourth-order valence-electron chi connectivity index (χ4n) is 2.68. The number of amides is 2. The highest BCUT2D eigenvalue weighted by molar-refractivity contribution is 6.04. The first kappa shape index (κ1) is 23.7. The minimum atomic E-state index is -2.85. The van der Waals surface area contributed by atoms with E-state index in [1.807, 2.05) is 0 Å². The summed E-state index contributed by atoms with van der Waals surface area (Å²) in [6.45, 7) is -0.302. The zero-order valence-corrected chi connectivity index (χ0v) is 16.3. The number of hydrogen-bond acceptors (Lipinski definition) is 4. The SMILES string of the molecule is Cl.Cl.O=C(Nc1cccc(CNC(=O)C2CC(F)(F)CN2)c1)c1ccncc1. The van der Waals surface area contributed by atoms with Crippen LogP contribution in [0.1, 0.15) is 22.3 Å². The number of pyridine rings is 1. The highest BCUT2D eigenvalue weighted by Gasteiger charge is 2.42. The van der Waals surface area contributed by atoms with Crippen molar-refractivity contribution in [3.63, 3.8) is 0 Å². The summed E-state index contributed by atoms with van der Waals surface area (Å²) < 4.78 is 26.3. The van der Waals surface area contributed by atoms with E-state index in [1.54, 1.807) is 36.4 Å². The van der Waals surface area contributed by atoms with Crippen molar-refractivity contribution in [2.45, 2.75) is 24.9 Å². The molecule has 0 spiro atoms. The van der Waals surface area contributed by atoms with Crippen LogP contribution in [0, 0.1) is 0 Å². The molecule has 1 aromatic carbocycles. The first-order valence-corrected chi connectivity index (χ1v) is 8.12. The van der Waals surface area contributed by atoms with E-state index in [0.717, 1.165) is 5.56 Å². The molecule has 0 aliphatic carbocycles. The van der Waals surface area contributed by atoms with Gasteiger partial charge in [0.2, 0.25) is 5.91 Å². The van der Waals surface area contributed by atoms with E-state index in [0.29, 0.717) is 11.3 Å². The second kappa shape index (κ2) is 10.3. The Morgan fingerprint density at radius 3 is 2.54 bits per heavy atom. The zero-order chi connectivity index (χ0) is 18.6. The maximum Gasteiger partial charge on any atom is 0.262 e. The fourth-order valence-corrected chi connectivity index (χ4v) is 2.68. The van der Waals surface area contributed by atoms with Gasteiger partial charge in [-0.15, -0.1) is 24.8 Å². The molecule has 28 heavy (non-hydrogen) atoms. The minimum absolute atomic E-state index is 0. The lowest BCUT2D eigenvalue weighted by Crippen LogP contribution is -2.40. The van der Waals surface area contributed by atoms with E-state index in [-0.39, 0.29) is 37.3 Å². The summed E-state index contributed by atoms with van der Waals surface area (Å²) in [4.78, 5) is 28.0. The average molecular weight is 433 g/mol. The molecule has 3 rings (SSSR count).